The molecule has 1 amide bonds. The van der Waals surface area contributed by atoms with Crippen molar-refractivity contribution in [3.05, 3.63) is 73.7 Å². The minimum Gasteiger partial charge on any atom is -0.334 e. The number of hydrogen-bond donors (Lipinski definition) is 2. The molecule has 0 saturated heterocycles. The van der Waals surface area contributed by atoms with Crippen LogP contribution in [-0.2, 0) is 0 Å². The van der Waals surface area contributed by atoms with Crippen molar-refractivity contribution in [1.29, 1.82) is 0 Å². The summed E-state index contributed by atoms with van der Waals surface area (Å²) in [6, 6.07) is 7.07. The van der Waals surface area contributed by atoms with Crippen LogP contribution >= 0.6 is 34.8 Å². The number of halogens is 6. The highest BCUT2D eigenvalue weighted by Crippen LogP contribution is 2.41. The fourth-order valence-electron chi connectivity index (χ4n) is 2.97. The summed E-state index contributed by atoms with van der Waals surface area (Å²) in [6.45, 7) is 1.71. The number of nitrogens with two attached hydrogens (primary N) is 1. The Hall–Kier alpha value is -1.73. The number of rotatable bonds is 5. The van der Waals surface area contributed by atoms with Gasteiger partial charge in [0.1, 0.15) is 0 Å². The van der Waals surface area contributed by atoms with Crippen LogP contribution in [0.25, 0.3) is 6.08 Å². The third-order valence-corrected chi connectivity index (χ3v) is 6.04. The van der Waals surface area contributed by atoms with Gasteiger partial charge in [-0.1, -0.05) is 59.1 Å². The molecule has 3 N–H and O–H groups in total. The second-order valence-corrected chi connectivity index (χ2v) is 8.55. The molecule has 3 rings (SSSR count). The van der Waals surface area contributed by atoms with Crippen molar-refractivity contribution in [2.45, 2.75) is 37.5 Å². The lowest BCUT2D eigenvalue weighted by atomic mass is 9.96. The van der Waals surface area contributed by atoms with Gasteiger partial charge in [-0.25, -0.2) is 0 Å². The standard InChI is InChI=1S/C21H18Cl3F3N2O/c1-11-8-12(2-4-14(11)19(30)29-20(28)6-7-20)3-5-15(21(25,26)27)13-9-16(22)18(24)17(23)10-13/h2-5,8-10,15H,6-7,28H2,1H3,(H,29,30). The summed E-state index contributed by atoms with van der Waals surface area (Å²) in [5.41, 5.74) is 6.69. The van der Waals surface area contributed by atoms with E-state index < -0.39 is 17.8 Å². The van der Waals surface area contributed by atoms with Crippen LogP contribution in [0.4, 0.5) is 13.2 Å². The number of hydrogen-bond acceptors (Lipinski definition) is 2. The molecule has 0 aromatic heterocycles. The lowest BCUT2D eigenvalue weighted by Gasteiger charge is -2.18. The van der Waals surface area contributed by atoms with E-state index in [0.717, 1.165) is 31.1 Å². The maximum atomic E-state index is 13.6. The summed E-state index contributed by atoms with van der Waals surface area (Å²) < 4.78 is 40.9. The van der Waals surface area contributed by atoms with Gasteiger partial charge in [0.2, 0.25) is 0 Å². The molecule has 1 fully saturated rings. The van der Waals surface area contributed by atoms with Crippen molar-refractivity contribution in [1.82, 2.24) is 5.32 Å². The SMILES string of the molecule is Cc1cc(C=CC(c2cc(Cl)c(Cl)c(Cl)c2)C(F)(F)F)ccc1C(=O)NC1(N)CC1. The van der Waals surface area contributed by atoms with Crippen LogP contribution in [0.1, 0.15) is 45.8 Å². The van der Waals surface area contributed by atoms with E-state index in [-0.39, 0.29) is 26.5 Å². The fourth-order valence-corrected chi connectivity index (χ4v) is 3.58. The summed E-state index contributed by atoms with van der Waals surface area (Å²) in [6.07, 6.45) is -0.768. The van der Waals surface area contributed by atoms with Crippen molar-refractivity contribution >= 4 is 46.8 Å². The van der Waals surface area contributed by atoms with Crippen molar-refractivity contribution in [2.75, 3.05) is 0 Å². The van der Waals surface area contributed by atoms with Gasteiger partial charge in [0.15, 0.2) is 0 Å². The van der Waals surface area contributed by atoms with E-state index in [9.17, 15) is 18.0 Å². The normalized spacial score (nSPS) is 16.5. The van der Waals surface area contributed by atoms with Crippen molar-refractivity contribution in [2.24, 2.45) is 5.73 Å². The van der Waals surface area contributed by atoms with E-state index >= 15 is 0 Å². The van der Waals surface area contributed by atoms with Crippen LogP contribution in [0.5, 0.6) is 0 Å². The Kier molecular flexibility index (Phi) is 6.44. The Bertz CT molecular complexity index is 994. The first-order valence-electron chi connectivity index (χ1n) is 9.01. The fraction of sp³-hybridized carbons (Fsp3) is 0.286. The average molecular weight is 478 g/mol. The molecule has 1 unspecified atom stereocenters. The molecule has 0 heterocycles. The van der Waals surface area contributed by atoms with Gasteiger partial charge >= 0.3 is 6.18 Å². The van der Waals surface area contributed by atoms with Gasteiger partial charge in [0, 0.05) is 5.56 Å². The topological polar surface area (TPSA) is 55.1 Å². The molecular formula is C21H18Cl3F3N2O. The molecule has 160 valence electrons. The highest BCUT2D eigenvalue weighted by Gasteiger charge is 2.40. The van der Waals surface area contributed by atoms with Crippen molar-refractivity contribution < 1.29 is 18.0 Å². The quantitative estimate of drug-likeness (QED) is 0.382. The molecule has 1 aliphatic rings. The number of aryl methyl sites for hydroxylation is 1. The van der Waals surface area contributed by atoms with Crippen LogP contribution in [0.2, 0.25) is 15.1 Å². The van der Waals surface area contributed by atoms with Gasteiger partial charge in [-0.15, -0.1) is 0 Å². The summed E-state index contributed by atoms with van der Waals surface area (Å²) >= 11 is 17.6. The third-order valence-electron chi connectivity index (χ3n) is 4.85. The van der Waals surface area contributed by atoms with Gasteiger partial charge in [0.25, 0.3) is 5.91 Å². The third kappa shape index (κ3) is 5.30. The minimum atomic E-state index is -4.56. The van der Waals surface area contributed by atoms with Crippen molar-refractivity contribution in [3.63, 3.8) is 0 Å². The first-order valence-corrected chi connectivity index (χ1v) is 10.1. The van der Waals surface area contributed by atoms with Crippen LogP contribution in [-0.4, -0.2) is 17.7 Å². The monoisotopic (exact) mass is 476 g/mol. The number of allylic oxidation sites excluding steroid dienone is 1. The lowest BCUT2D eigenvalue weighted by Crippen LogP contribution is -2.44. The Labute approximate surface area is 187 Å². The maximum Gasteiger partial charge on any atom is 0.399 e. The van der Waals surface area contributed by atoms with Gasteiger partial charge in [-0.2, -0.15) is 13.2 Å². The smallest absolute Gasteiger partial charge is 0.334 e. The maximum absolute atomic E-state index is 13.6. The molecule has 0 radical (unpaired) electrons. The van der Waals surface area contributed by atoms with Crippen molar-refractivity contribution in [3.8, 4) is 0 Å². The number of alkyl halides is 3. The molecule has 2 aromatic rings. The molecule has 30 heavy (non-hydrogen) atoms. The first kappa shape index (κ1) is 22.9. The Morgan fingerprint density at radius 2 is 1.77 bits per heavy atom. The highest BCUT2D eigenvalue weighted by molar-refractivity contribution is 6.48. The second kappa shape index (κ2) is 8.42. The van der Waals surface area contributed by atoms with E-state index in [1.54, 1.807) is 25.1 Å². The van der Waals surface area contributed by atoms with Crippen LogP contribution < -0.4 is 11.1 Å². The van der Waals surface area contributed by atoms with Gasteiger partial charge in [0.05, 0.1) is 26.6 Å². The average Bonchev–Trinajstić information content (AvgIpc) is 3.35. The molecule has 0 spiro atoms. The number of nitrogens with one attached hydrogen (secondary N) is 1. The van der Waals surface area contributed by atoms with Gasteiger partial charge in [-0.05, 0) is 54.7 Å². The summed E-state index contributed by atoms with van der Waals surface area (Å²) in [5.74, 6) is -2.23. The molecule has 1 saturated carbocycles. The molecule has 0 bridgehead atoms. The summed E-state index contributed by atoms with van der Waals surface area (Å²) in [5, 5.41) is 2.64. The predicted octanol–water partition coefficient (Wildman–Crippen LogP) is 6.49. The summed E-state index contributed by atoms with van der Waals surface area (Å²) in [7, 11) is 0. The molecule has 9 heteroatoms. The zero-order chi connectivity index (χ0) is 22.3. The van der Waals surface area contributed by atoms with Crippen LogP contribution in [0, 0.1) is 6.92 Å². The second-order valence-electron chi connectivity index (χ2n) is 7.36. The zero-order valence-corrected chi connectivity index (χ0v) is 18.1. The number of carbonyl (C=O) groups is 1. The van der Waals surface area contributed by atoms with E-state index in [0.29, 0.717) is 16.7 Å². The Balaban J connectivity index is 1.86. The Morgan fingerprint density at radius 1 is 1.17 bits per heavy atom. The lowest BCUT2D eigenvalue weighted by molar-refractivity contribution is -0.139. The van der Waals surface area contributed by atoms with E-state index in [1.807, 2.05) is 0 Å². The van der Waals surface area contributed by atoms with E-state index in [1.165, 1.54) is 6.08 Å². The van der Waals surface area contributed by atoms with Crippen LogP contribution in [0.15, 0.2) is 36.4 Å². The number of amides is 1. The molecule has 0 aliphatic heterocycles. The molecule has 2 aromatic carbocycles. The zero-order valence-electron chi connectivity index (χ0n) is 15.8. The molecule has 1 atom stereocenters. The van der Waals surface area contributed by atoms with Gasteiger partial charge < -0.3 is 11.1 Å². The minimum absolute atomic E-state index is 0.00179. The Morgan fingerprint density at radius 3 is 2.27 bits per heavy atom. The predicted molar refractivity (Wildman–Crippen MR) is 114 cm³/mol. The van der Waals surface area contributed by atoms with E-state index in [2.05, 4.69) is 5.32 Å². The number of benzene rings is 2. The van der Waals surface area contributed by atoms with E-state index in [4.69, 9.17) is 40.5 Å². The highest BCUT2D eigenvalue weighted by atomic mass is 35.5. The first-order chi connectivity index (χ1) is 13.9. The molecule has 1 aliphatic carbocycles. The molecular weight excluding hydrogens is 460 g/mol. The summed E-state index contributed by atoms with van der Waals surface area (Å²) in [4.78, 5) is 12.3. The van der Waals surface area contributed by atoms with Gasteiger partial charge in [-0.3, -0.25) is 4.79 Å². The van der Waals surface area contributed by atoms with Crippen LogP contribution in [0.3, 0.4) is 0 Å². The largest absolute Gasteiger partial charge is 0.399 e. The molecule has 3 nitrogen and oxygen atoms in total. The number of carbonyl (C=O) groups excluding carboxylic acids is 1.